The number of aromatic nitrogens is 2. The maximum absolute atomic E-state index is 12.6. The van der Waals surface area contributed by atoms with Crippen molar-refractivity contribution < 1.29 is 14.3 Å². The predicted molar refractivity (Wildman–Crippen MR) is 93.2 cm³/mol. The highest BCUT2D eigenvalue weighted by atomic mass is 16.5. The zero-order valence-electron chi connectivity index (χ0n) is 14.2. The van der Waals surface area contributed by atoms with Crippen LogP contribution in [0.5, 0.6) is 5.75 Å². The Kier molecular flexibility index (Phi) is 6.34. The van der Waals surface area contributed by atoms with Crippen LogP contribution < -0.4 is 4.74 Å². The van der Waals surface area contributed by atoms with Crippen LogP contribution in [0.15, 0.2) is 48.9 Å². The molecule has 2 aromatic rings. The van der Waals surface area contributed by atoms with E-state index in [1.165, 1.54) is 0 Å². The first kappa shape index (κ1) is 17.4. The zero-order chi connectivity index (χ0) is 17.3. The average molecular weight is 341 g/mol. The van der Waals surface area contributed by atoms with Gasteiger partial charge in [0.2, 0.25) is 5.91 Å². The minimum atomic E-state index is 0.0833. The molecule has 0 aliphatic carbocycles. The molecule has 1 aliphatic rings. The Bertz CT molecular complexity index is 651. The van der Waals surface area contributed by atoms with Gasteiger partial charge in [0.05, 0.1) is 38.0 Å². The summed E-state index contributed by atoms with van der Waals surface area (Å²) < 4.78 is 11.2. The molecule has 25 heavy (non-hydrogen) atoms. The number of carbonyl (C=O) groups is 1. The van der Waals surface area contributed by atoms with Gasteiger partial charge in [-0.05, 0) is 25.0 Å². The maximum atomic E-state index is 12.6. The summed E-state index contributed by atoms with van der Waals surface area (Å²) in [5.41, 5.74) is 0.938. The normalized spacial score (nSPS) is 17.3. The molecular weight excluding hydrogens is 318 g/mol. The molecule has 6 heteroatoms. The van der Waals surface area contributed by atoms with E-state index in [1.807, 2.05) is 35.2 Å². The zero-order valence-corrected chi connectivity index (χ0v) is 14.2. The second-order valence-corrected chi connectivity index (χ2v) is 5.96. The van der Waals surface area contributed by atoms with E-state index in [9.17, 15) is 4.79 Å². The molecular formula is C19H23N3O3. The molecule has 1 aromatic carbocycles. The number of nitrogens with zero attached hydrogens (tertiary/aromatic N) is 3. The number of carbonyl (C=O) groups excluding carboxylic acids is 1. The standard InChI is InChI=1S/C19H23N3O3/c23-19(8-12-25-18-4-2-1-3-5-18)22-11-13-24-15-17(22)7-6-16-14-20-9-10-21-16/h1-5,9-10,14,17H,6-8,11-13,15H2. The molecule has 3 rings (SSSR count). The molecule has 0 radical (unpaired) electrons. The number of morpholine rings is 1. The highest BCUT2D eigenvalue weighted by molar-refractivity contribution is 5.76. The lowest BCUT2D eigenvalue weighted by Gasteiger charge is -2.35. The number of rotatable bonds is 7. The summed E-state index contributed by atoms with van der Waals surface area (Å²) in [6.07, 6.45) is 7.10. The number of para-hydroxylation sites is 1. The number of hydrogen-bond acceptors (Lipinski definition) is 5. The van der Waals surface area contributed by atoms with Crippen molar-refractivity contribution in [1.82, 2.24) is 14.9 Å². The lowest BCUT2D eigenvalue weighted by atomic mass is 10.1. The summed E-state index contributed by atoms with van der Waals surface area (Å²) in [6, 6.07) is 9.64. The molecule has 132 valence electrons. The van der Waals surface area contributed by atoms with Gasteiger partial charge in [-0.1, -0.05) is 18.2 Å². The first-order valence-corrected chi connectivity index (χ1v) is 8.63. The first-order chi connectivity index (χ1) is 12.3. The van der Waals surface area contributed by atoms with Crippen LogP contribution in [0, 0.1) is 0 Å². The average Bonchev–Trinajstić information content (AvgIpc) is 2.68. The number of aryl methyl sites for hydroxylation is 1. The van der Waals surface area contributed by atoms with E-state index in [4.69, 9.17) is 9.47 Å². The molecule has 6 nitrogen and oxygen atoms in total. The van der Waals surface area contributed by atoms with Crippen molar-refractivity contribution in [1.29, 1.82) is 0 Å². The Morgan fingerprint density at radius 1 is 1.28 bits per heavy atom. The van der Waals surface area contributed by atoms with Crippen LogP contribution in [0.4, 0.5) is 0 Å². The fourth-order valence-electron chi connectivity index (χ4n) is 2.91. The lowest BCUT2D eigenvalue weighted by Crippen LogP contribution is -2.49. The van der Waals surface area contributed by atoms with Crippen LogP contribution in [0.2, 0.25) is 0 Å². The fourth-order valence-corrected chi connectivity index (χ4v) is 2.91. The van der Waals surface area contributed by atoms with Crippen molar-refractivity contribution in [3.63, 3.8) is 0 Å². The van der Waals surface area contributed by atoms with Crippen molar-refractivity contribution in [3.05, 3.63) is 54.6 Å². The van der Waals surface area contributed by atoms with Crippen molar-refractivity contribution in [2.75, 3.05) is 26.4 Å². The molecule has 1 aromatic heterocycles. The van der Waals surface area contributed by atoms with E-state index in [1.54, 1.807) is 18.6 Å². The van der Waals surface area contributed by atoms with E-state index in [0.29, 0.717) is 32.8 Å². The van der Waals surface area contributed by atoms with Crippen molar-refractivity contribution in [2.45, 2.75) is 25.3 Å². The second kappa shape index (κ2) is 9.13. The lowest BCUT2D eigenvalue weighted by molar-refractivity contribution is -0.140. The maximum Gasteiger partial charge on any atom is 0.226 e. The number of hydrogen-bond donors (Lipinski definition) is 0. The predicted octanol–water partition coefficient (Wildman–Crippen LogP) is 2.11. The van der Waals surface area contributed by atoms with Crippen LogP contribution in [0.3, 0.4) is 0 Å². The fraction of sp³-hybridized carbons (Fsp3) is 0.421. The van der Waals surface area contributed by atoms with Gasteiger partial charge in [-0.25, -0.2) is 0 Å². The van der Waals surface area contributed by atoms with Crippen LogP contribution in [0.25, 0.3) is 0 Å². The molecule has 0 saturated carbocycles. The number of benzene rings is 1. The monoisotopic (exact) mass is 341 g/mol. The van der Waals surface area contributed by atoms with E-state index < -0.39 is 0 Å². The van der Waals surface area contributed by atoms with Crippen molar-refractivity contribution >= 4 is 5.91 Å². The van der Waals surface area contributed by atoms with E-state index in [0.717, 1.165) is 24.3 Å². The third kappa shape index (κ3) is 5.26. The van der Waals surface area contributed by atoms with Crippen LogP contribution in [0.1, 0.15) is 18.5 Å². The van der Waals surface area contributed by atoms with Gasteiger partial charge in [0.1, 0.15) is 5.75 Å². The van der Waals surface area contributed by atoms with Gasteiger partial charge in [-0.15, -0.1) is 0 Å². The van der Waals surface area contributed by atoms with E-state index in [2.05, 4.69) is 9.97 Å². The molecule has 0 N–H and O–H groups in total. The summed E-state index contributed by atoms with van der Waals surface area (Å²) in [7, 11) is 0. The third-order valence-corrected chi connectivity index (χ3v) is 4.23. The minimum absolute atomic E-state index is 0.0833. The Morgan fingerprint density at radius 2 is 2.16 bits per heavy atom. The molecule has 1 amide bonds. The molecule has 0 spiro atoms. The smallest absolute Gasteiger partial charge is 0.226 e. The Morgan fingerprint density at radius 3 is 2.96 bits per heavy atom. The van der Waals surface area contributed by atoms with Gasteiger partial charge in [-0.2, -0.15) is 0 Å². The summed E-state index contributed by atoms with van der Waals surface area (Å²) in [6.45, 7) is 2.19. The van der Waals surface area contributed by atoms with Gasteiger partial charge in [0, 0.05) is 25.1 Å². The Labute approximate surface area is 147 Å². The molecule has 1 saturated heterocycles. The number of ether oxygens (including phenoxy) is 2. The first-order valence-electron chi connectivity index (χ1n) is 8.63. The SMILES string of the molecule is O=C(CCOc1ccccc1)N1CCOCC1CCc1cnccn1. The molecule has 1 atom stereocenters. The van der Waals surface area contributed by atoms with Crippen LogP contribution >= 0.6 is 0 Å². The van der Waals surface area contributed by atoms with Gasteiger partial charge < -0.3 is 14.4 Å². The molecule has 0 bridgehead atoms. The highest BCUT2D eigenvalue weighted by Crippen LogP contribution is 2.15. The topological polar surface area (TPSA) is 64.5 Å². The highest BCUT2D eigenvalue weighted by Gasteiger charge is 2.26. The van der Waals surface area contributed by atoms with Crippen molar-refractivity contribution in [2.24, 2.45) is 0 Å². The summed E-state index contributed by atoms with van der Waals surface area (Å²) >= 11 is 0. The second-order valence-electron chi connectivity index (χ2n) is 5.96. The van der Waals surface area contributed by atoms with Crippen molar-refractivity contribution in [3.8, 4) is 5.75 Å². The van der Waals surface area contributed by atoms with Gasteiger partial charge >= 0.3 is 0 Å². The van der Waals surface area contributed by atoms with Gasteiger partial charge in [0.15, 0.2) is 0 Å². The molecule has 1 fully saturated rings. The Hall–Kier alpha value is -2.47. The van der Waals surface area contributed by atoms with Gasteiger partial charge in [-0.3, -0.25) is 14.8 Å². The summed E-state index contributed by atoms with van der Waals surface area (Å²) in [5.74, 6) is 0.903. The molecule has 2 heterocycles. The quantitative estimate of drug-likeness (QED) is 0.772. The van der Waals surface area contributed by atoms with Crippen LogP contribution in [-0.4, -0.2) is 53.2 Å². The van der Waals surface area contributed by atoms with E-state index in [-0.39, 0.29) is 11.9 Å². The Balaban J connectivity index is 1.48. The largest absolute Gasteiger partial charge is 0.493 e. The molecule has 1 aliphatic heterocycles. The van der Waals surface area contributed by atoms with E-state index >= 15 is 0 Å². The number of amides is 1. The van der Waals surface area contributed by atoms with Crippen LogP contribution in [-0.2, 0) is 16.0 Å². The third-order valence-electron chi connectivity index (χ3n) is 4.23. The summed E-state index contributed by atoms with van der Waals surface area (Å²) in [5, 5.41) is 0. The molecule has 1 unspecified atom stereocenters. The minimum Gasteiger partial charge on any atom is -0.493 e. The summed E-state index contributed by atoms with van der Waals surface area (Å²) in [4.78, 5) is 22.9. The van der Waals surface area contributed by atoms with Gasteiger partial charge in [0.25, 0.3) is 0 Å².